The zero-order valence-corrected chi connectivity index (χ0v) is 15.4. The number of unbranched alkanes of at least 4 members (excludes halogenated alkanes) is 9. The van der Waals surface area contributed by atoms with E-state index in [0.29, 0.717) is 17.6 Å². The van der Waals surface area contributed by atoms with E-state index in [9.17, 15) is 4.79 Å². The van der Waals surface area contributed by atoms with Gasteiger partial charge >= 0.3 is 0 Å². The number of ether oxygens (including phenoxy) is 1. The molecule has 0 radical (unpaired) electrons. The SMILES string of the molecule is CCCCCCCCCCCCN.COc1ccc(C=O)cc1O. The van der Waals surface area contributed by atoms with Gasteiger partial charge in [0.05, 0.1) is 7.11 Å². The van der Waals surface area contributed by atoms with Gasteiger partial charge < -0.3 is 15.6 Å². The summed E-state index contributed by atoms with van der Waals surface area (Å²) < 4.78 is 4.78. The van der Waals surface area contributed by atoms with Crippen LogP contribution < -0.4 is 10.5 Å². The molecule has 4 nitrogen and oxygen atoms in total. The van der Waals surface area contributed by atoms with Gasteiger partial charge in [-0.1, -0.05) is 64.7 Å². The lowest BCUT2D eigenvalue weighted by molar-refractivity contribution is 0.112. The van der Waals surface area contributed by atoms with Crippen molar-refractivity contribution in [1.29, 1.82) is 0 Å². The largest absolute Gasteiger partial charge is 0.504 e. The maximum atomic E-state index is 10.2. The zero-order valence-electron chi connectivity index (χ0n) is 15.4. The van der Waals surface area contributed by atoms with Crippen LogP contribution in [0.25, 0.3) is 0 Å². The number of methoxy groups -OCH3 is 1. The van der Waals surface area contributed by atoms with Crippen molar-refractivity contribution < 1.29 is 14.6 Å². The van der Waals surface area contributed by atoms with Crippen molar-refractivity contribution >= 4 is 6.29 Å². The summed E-state index contributed by atoms with van der Waals surface area (Å²) in [7, 11) is 1.45. The molecule has 0 aliphatic carbocycles. The second-order valence-corrected chi connectivity index (χ2v) is 6.02. The summed E-state index contributed by atoms with van der Waals surface area (Å²) in [6.45, 7) is 3.14. The van der Waals surface area contributed by atoms with Crippen molar-refractivity contribution in [2.24, 2.45) is 5.73 Å². The second kappa shape index (κ2) is 16.3. The Kier molecular flexibility index (Phi) is 15.3. The van der Waals surface area contributed by atoms with E-state index in [-0.39, 0.29) is 5.75 Å². The Balaban J connectivity index is 0.000000446. The van der Waals surface area contributed by atoms with E-state index in [0.717, 1.165) is 6.54 Å². The Morgan fingerprint density at radius 3 is 1.96 bits per heavy atom. The molecular weight excluding hydrogens is 302 g/mol. The average Bonchev–Trinajstić information content (AvgIpc) is 2.61. The molecule has 0 fully saturated rings. The average molecular weight is 338 g/mol. The van der Waals surface area contributed by atoms with Crippen LogP contribution in [0.15, 0.2) is 18.2 Å². The number of nitrogens with two attached hydrogens (primary N) is 1. The van der Waals surface area contributed by atoms with Crippen LogP contribution in [0.2, 0.25) is 0 Å². The molecule has 0 saturated carbocycles. The molecule has 0 amide bonds. The number of aldehydes is 1. The number of benzene rings is 1. The standard InChI is InChI=1S/C12H27N.C8H8O3/c1-2-3-4-5-6-7-8-9-10-11-12-13;1-11-8-3-2-6(5-9)4-7(8)10/h2-13H2,1H3;2-5,10H,1H3. The molecule has 0 aliphatic heterocycles. The topological polar surface area (TPSA) is 72.5 Å². The van der Waals surface area contributed by atoms with Gasteiger partial charge in [0.2, 0.25) is 0 Å². The summed E-state index contributed by atoms with van der Waals surface area (Å²) in [5.74, 6) is 0.354. The molecule has 0 unspecified atom stereocenters. The second-order valence-electron chi connectivity index (χ2n) is 6.02. The van der Waals surface area contributed by atoms with E-state index < -0.39 is 0 Å². The summed E-state index contributed by atoms with van der Waals surface area (Å²) >= 11 is 0. The number of phenols is 1. The summed E-state index contributed by atoms with van der Waals surface area (Å²) in [6.07, 6.45) is 14.6. The molecule has 138 valence electrons. The number of rotatable bonds is 12. The predicted octanol–water partition coefficient (Wildman–Crippen LogP) is 5.08. The van der Waals surface area contributed by atoms with Crippen LogP contribution in [-0.2, 0) is 0 Å². The van der Waals surface area contributed by atoms with Gasteiger partial charge in [0.25, 0.3) is 0 Å². The lowest BCUT2D eigenvalue weighted by Crippen LogP contribution is -1.97. The van der Waals surface area contributed by atoms with Crippen LogP contribution in [0.4, 0.5) is 0 Å². The number of carbonyl (C=O) groups excluding carboxylic acids is 1. The molecule has 24 heavy (non-hydrogen) atoms. The third kappa shape index (κ3) is 11.9. The maximum Gasteiger partial charge on any atom is 0.160 e. The van der Waals surface area contributed by atoms with Gasteiger partial charge in [-0.05, 0) is 31.2 Å². The van der Waals surface area contributed by atoms with E-state index in [1.807, 2.05) is 0 Å². The molecule has 0 atom stereocenters. The third-order valence-corrected chi connectivity index (χ3v) is 3.90. The Bertz CT molecular complexity index is 411. The van der Waals surface area contributed by atoms with Gasteiger partial charge in [-0.3, -0.25) is 4.79 Å². The Morgan fingerprint density at radius 1 is 1.00 bits per heavy atom. The molecule has 0 bridgehead atoms. The first-order valence-corrected chi connectivity index (χ1v) is 9.21. The lowest BCUT2D eigenvalue weighted by Gasteiger charge is -2.01. The van der Waals surface area contributed by atoms with E-state index >= 15 is 0 Å². The summed E-state index contributed by atoms with van der Waals surface area (Å²) in [6, 6.07) is 4.47. The summed E-state index contributed by atoms with van der Waals surface area (Å²) in [4.78, 5) is 10.2. The molecule has 0 aliphatic rings. The monoisotopic (exact) mass is 337 g/mol. The molecule has 4 heteroatoms. The van der Waals surface area contributed by atoms with E-state index in [1.165, 1.54) is 77.4 Å². The fourth-order valence-corrected chi connectivity index (χ4v) is 2.41. The third-order valence-electron chi connectivity index (χ3n) is 3.90. The molecule has 1 aromatic carbocycles. The van der Waals surface area contributed by atoms with Crippen molar-refractivity contribution in [3.05, 3.63) is 23.8 Å². The molecular formula is C20H35NO3. The van der Waals surface area contributed by atoms with Crippen LogP contribution >= 0.6 is 0 Å². The van der Waals surface area contributed by atoms with Crippen molar-refractivity contribution in [3.63, 3.8) is 0 Å². The van der Waals surface area contributed by atoms with Crippen molar-refractivity contribution in [2.45, 2.75) is 71.1 Å². The number of hydrogen-bond donors (Lipinski definition) is 2. The highest BCUT2D eigenvalue weighted by molar-refractivity contribution is 5.76. The van der Waals surface area contributed by atoms with E-state index in [2.05, 4.69) is 6.92 Å². The lowest BCUT2D eigenvalue weighted by atomic mass is 10.1. The molecule has 0 aromatic heterocycles. The van der Waals surface area contributed by atoms with E-state index in [1.54, 1.807) is 12.1 Å². The van der Waals surface area contributed by atoms with Crippen molar-refractivity contribution in [2.75, 3.05) is 13.7 Å². The first kappa shape index (κ1) is 22.4. The first-order valence-electron chi connectivity index (χ1n) is 9.21. The Hall–Kier alpha value is -1.55. The number of aromatic hydroxyl groups is 1. The maximum absolute atomic E-state index is 10.2. The minimum absolute atomic E-state index is 0.0166. The summed E-state index contributed by atoms with van der Waals surface area (Å²) in [5, 5.41) is 9.14. The minimum atomic E-state index is -0.0166. The van der Waals surface area contributed by atoms with Gasteiger partial charge in [0, 0.05) is 5.56 Å². The fraction of sp³-hybridized carbons (Fsp3) is 0.650. The molecule has 0 heterocycles. The first-order chi connectivity index (χ1) is 11.7. The quantitative estimate of drug-likeness (QED) is 0.412. The number of hydrogen-bond acceptors (Lipinski definition) is 4. The van der Waals surface area contributed by atoms with Gasteiger partial charge in [0.1, 0.15) is 6.29 Å². The van der Waals surface area contributed by atoms with Gasteiger partial charge in [-0.15, -0.1) is 0 Å². The number of phenolic OH excluding ortho intramolecular Hbond substituents is 1. The Morgan fingerprint density at radius 2 is 1.54 bits per heavy atom. The van der Waals surface area contributed by atoms with Gasteiger partial charge in [-0.2, -0.15) is 0 Å². The van der Waals surface area contributed by atoms with Crippen LogP contribution in [0.5, 0.6) is 11.5 Å². The normalized spacial score (nSPS) is 9.96. The fourth-order valence-electron chi connectivity index (χ4n) is 2.41. The molecule has 0 spiro atoms. The van der Waals surface area contributed by atoms with E-state index in [4.69, 9.17) is 15.6 Å². The number of carbonyl (C=O) groups is 1. The highest BCUT2D eigenvalue weighted by Gasteiger charge is 2.00. The smallest absolute Gasteiger partial charge is 0.160 e. The van der Waals surface area contributed by atoms with Crippen LogP contribution in [0, 0.1) is 0 Å². The Labute approximate surface area is 147 Å². The van der Waals surface area contributed by atoms with Crippen LogP contribution in [-0.4, -0.2) is 25.0 Å². The van der Waals surface area contributed by atoms with Crippen molar-refractivity contribution in [1.82, 2.24) is 0 Å². The summed E-state index contributed by atoms with van der Waals surface area (Å²) in [5.41, 5.74) is 5.86. The molecule has 1 rings (SSSR count). The predicted molar refractivity (Wildman–Crippen MR) is 101 cm³/mol. The highest BCUT2D eigenvalue weighted by Crippen LogP contribution is 2.25. The molecule has 1 aromatic rings. The molecule has 3 N–H and O–H groups in total. The zero-order chi connectivity index (χ0) is 18.0. The van der Waals surface area contributed by atoms with Gasteiger partial charge in [-0.25, -0.2) is 0 Å². The van der Waals surface area contributed by atoms with Crippen LogP contribution in [0.3, 0.4) is 0 Å². The van der Waals surface area contributed by atoms with Gasteiger partial charge in [0.15, 0.2) is 11.5 Å². The minimum Gasteiger partial charge on any atom is -0.504 e. The van der Waals surface area contributed by atoms with Crippen LogP contribution in [0.1, 0.15) is 81.5 Å². The molecule has 0 saturated heterocycles. The highest BCUT2D eigenvalue weighted by atomic mass is 16.5. The van der Waals surface area contributed by atoms with Crippen molar-refractivity contribution in [3.8, 4) is 11.5 Å².